The van der Waals surface area contributed by atoms with E-state index in [1.165, 1.54) is 0 Å². The SMILES string of the molecule is COc1ccccc1NC(=O)Nc1ccc(-c2cn3ccnc3c(N(C)Cc3cccc(Cl)c3)n2)cc1. The molecule has 0 unspecified atom stereocenters. The van der Waals surface area contributed by atoms with E-state index in [2.05, 4.69) is 20.5 Å². The number of para-hydroxylation sites is 2. The molecule has 2 amide bonds. The number of anilines is 3. The molecule has 5 aromatic rings. The molecule has 186 valence electrons. The van der Waals surface area contributed by atoms with Gasteiger partial charge in [-0.2, -0.15) is 0 Å². The number of aromatic nitrogens is 3. The predicted octanol–water partition coefficient (Wildman–Crippen LogP) is 6.34. The van der Waals surface area contributed by atoms with Gasteiger partial charge in [0.2, 0.25) is 0 Å². The molecule has 0 radical (unpaired) electrons. The van der Waals surface area contributed by atoms with Gasteiger partial charge < -0.3 is 24.7 Å². The molecule has 0 fully saturated rings. The molecule has 8 nitrogen and oxygen atoms in total. The zero-order valence-corrected chi connectivity index (χ0v) is 21.1. The summed E-state index contributed by atoms with van der Waals surface area (Å²) >= 11 is 6.17. The lowest BCUT2D eigenvalue weighted by Gasteiger charge is -2.20. The van der Waals surface area contributed by atoms with E-state index in [9.17, 15) is 4.79 Å². The monoisotopic (exact) mass is 512 g/mol. The van der Waals surface area contributed by atoms with Gasteiger partial charge in [0, 0.05) is 48.5 Å². The van der Waals surface area contributed by atoms with Gasteiger partial charge in [-0.3, -0.25) is 0 Å². The van der Waals surface area contributed by atoms with E-state index in [1.54, 1.807) is 25.4 Å². The van der Waals surface area contributed by atoms with Crippen molar-refractivity contribution in [2.75, 3.05) is 29.7 Å². The third-order valence-corrected chi connectivity index (χ3v) is 6.06. The van der Waals surface area contributed by atoms with Gasteiger partial charge in [-0.15, -0.1) is 0 Å². The van der Waals surface area contributed by atoms with Crippen molar-refractivity contribution in [3.63, 3.8) is 0 Å². The summed E-state index contributed by atoms with van der Waals surface area (Å²) in [6.45, 7) is 0.629. The van der Waals surface area contributed by atoms with Gasteiger partial charge in [-0.05, 0) is 42.0 Å². The second kappa shape index (κ2) is 10.6. The summed E-state index contributed by atoms with van der Waals surface area (Å²) in [6, 6.07) is 22.2. The largest absolute Gasteiger partial charge is 0.495 e. The number of amides is 2. The molecular formula is C28H25ClN6O2. The number of carbonyl (C=O) groups is 1. The Balaban J connectivity index is 1.35. The molecule has 0 spiro atoms. The molecule has 5 rings (SSSR count). The minimum atomic E-state index is -0.361. The quantitative estimate of drug-likeness (QED) is 0.266. The van der Waals surface area contributed by atoms with Gasteiger partial charge in [0.15, 0.2) is 11.5 Å². The maximum atomic E-state index is 12.5. The molecule has 2 heterocycles. The number of methoxy groups -OCH3 is 1. The summed E-state index contributed by atoms with van der Waals surface area (Å²) in [7, 11) is 3.54. The molecule has 0 saturated heterocycles. The Hall–Kier alpha value is -4.56. The van der Waals surface area contributed by atoms with Gasteiger partial charge in [0.1, 0.15) is 5.75 Å². The lowest BCUT2D eigenvalue weighted by atomic mass is 10.1. The Labute approximate surface area is 219 Å². The third kappa shape index (κ3) is 5.49. The number of rotatable bonds is 7. The van der Waals surface area contributed by atoms with E-state index >= 15 is 0 Å². The fourth-order valence-electron chi connectivity index (χ4n) is 4.05. The van der Waals surface area contributed by atoms with E-state index in [4.69, 9.17) is 21.3 Å². The van der Waals surface area contributed by atoms with Crippen LogP contribution in [0.4, 0.5) is 22.0 Å². The fraction of sp³-hybridized carbons (Fsp3) is 0.107. The van der Waals surface area contributed by atoms with Crippen LogP contribution in [-0.4, -0.2) is 34.6 Å². The van der Waals surface area contributed by atoms with Crippen LogP contribution in [0.3, 0.4) is 0 Å². The van der Waals surface area contributed by atoms with Crippen molar-refractivity contribution in [2.45, 2.75) is 6.54 Å². The Morgan fingerprint density at radius 3 is 2.65 bits per heavy atom. The first-order chi connectivity index (χ1) is 18.0. The van der Waals surface area contributed by atoms with Crippen LogP contribution in [0.5, 0.6) is 5.75 Å². The molecule has 2 N–H and O–H groups in total. The Morgan fingerprint density at radius 1 is 1.05 bits per heavy atom. The van der Waals surface area contributed by atoms with E-state index < -0.39 is 0 Å². The van der Waals surface area contributed by atoms with E-state index in [0.717, 1.165) is 28.3 Å². The number of carbonyl (C=O) groups excluding carboxylic acids is 1. The highest BCUT2D eigenvalue weighted by molar-refractivity contribution is 6.30. The number of nitrogens with one attached hydrogen (secondary N) is 2. The third-order valence-electron chi connectivity index (χ3n) is 5.82. The zero-order valence-electron chi connectivity index (χ0n) is 20.4. The number of fused-ring (bicyclic) bond motifs is 1. The fourth-order valence-corrected chi connectivity index (χ4v) is 4.26. The van der Waals surface area contributed by atoms with Gasteiger partial charge in [0.25, 0.3) is 0 Å². The van der Waals surface area contributed by atoms with Crippen molar-refractivity contribution in [2.24, 2.45) is 0 Å². The van der Waals surface area contributed by atoms with Crippen molar-refractivity contribution in [1.82, 2.24) is 14.4 Å². The lowest BCUT2D eigenvalue weighted by molar-refractivity contribution is 0.262. The standard InChI is InChI=1S/C28H25ClN6O2/c1-34(17-19-6-5-7-21(29)16-19)27-26-30-14-15-35(26)18-24(32-27)20-10-12-22(13-11-20)31-28(36)33-23-8-3-4-9-25(23)37-2/h3-16,18H,17H2,1-2H3,(H2,31,33,36). The van der Waals surface area contributed by atoms with Crippen LogP contribution in [0.1, 0.15) is 5.56 Å². The molecular weight excluding hydrogens is 488 g/mol. The first-order valence-electron chi connectivity index (χ1n) is 11.6. The van der Waals surface area contributed by atoms with E-state index in [0.29, 0.717) is 28.7 Å². The topological polar surface area (TPSA) is 83.8 Å². The highest BCUT2D eigenvalue weighted by Crippen LogP contribution is 2.27. The highest BCUT2D eigenvalue weighted by atomic mass is 35.5. The van der Waals surface area contributed by atoms with Gasteiger partial charge in [-0.1, -0.05) is 48.0 Å². The maximum absolute atomic E-state index is 12.5. The molecule has 0 aliphatic heterocycles. The molecule has 0 saturated carbocycles. The molecule has 37 heavy (non-hydrogen) atoms. The number of halogens is 1. The van der Waals surface area contributed by atoms with E-state index in [1.807, 2.05) is 84.5 Å². The van der Waals surface area contributed by atoms with Crippen molar-refractivity contribution in [1.29, 1.82) is 0 Å². The second-order valence-corrected chi connectivity index (χ2v) is 8.89. The molecule has 0 bridgehead atoms. The van der Waals surface area contributed by atoms with E-state index in [-0.39, 0.29) is 6.03 Å². The maximum Gasteiger partial charge on any atom is 0.323 e. The Bertz CT molecular complexity index is 1550. The second-order valence-electron chi connectivity index (χ2n) is 8.45. The lowest BCUT2D eigenvalue weighted by Crippen LogP contribution is -2.19. The van der Waals surface area contributed by atoms with Crippen LogP contribution in [0.15, 0.2) is 91.4 Å². The summed E-state index contributed by atoms with van der Waals surface area (Å²) in [5, 5.41) is 6.35. The van der Waals surface area contributed by atoms with Crippen molar-refractivity contribution < 1.29 is 9.53 Å². The minimum absolute atomic E-state index is 0.361. The van der Waals surface area contributed by atoms with Crippen molar-refractivity contribution in [3.05, 3.63) is 102 Å². The number of ether oxygens (including phenoxy) is 1. The van der Waals surface area contributed by atoms with Crippen LogP contribution in [-0.2, 0) is 6.54 Å². The van der Waals surface area contributed by atoms with Gasteiger partial charge in [0.05, 0.1) is 18.5 Å². The Morgan fingerprint density at radius 2 is 1.86 bits per heavy atom. The summed E-state index contributed by atoms with van der Waals surface area (Å²) in [6.07, 6.45) is 5.59. The molecule has 0 aliphatic rings. The molecule has 3 aromatic carbocycles. The van der Waals surface area contributed by atoms with Crippen LogP contribution in [0, 0.1) is 0 Å². The highest BCUT2D eigenvalue weighted by Gasteiger charge is 2.14. The van der Waals surface area contributed by atoms with Crippen LogP contribution < -0.4 is 20.3 Å². The number of hydrogen-bond donors (Lipinski definition) is 2. The average molecular weight is 513 g/mol. The van der Waals surface area contributed by atoms with Crippen molar-refractivity contribution in [3.8, 4) is 17.0 Å². The molecule has 0 aliphatic carbocycles. The van der Waals surface area contributed by atoms with Gasteiger partial charge in [-0.25, -0.2) is 14.8 Å². The van der Waals surface area contributed by atoms with Crippen LogP contribution >= 0.6 is 11.6 Å². The molecule has 0 atom stereocenters. The van der Waals surface area contributed by atoms with Gasteiger partial charge >= 0.3 is 6.03 Å². The summed E-state index contributed by atoms with van der Waals surface area (Å²) in [5.74, 6) is 1.34. The Kier molecular flexibility index (Phi) is 6.91. The number of imidazole rings is 1. The first kappa shape index (κ1) is 24.1. The zero-order chi connectivity index (χ0) is 25.8. The van der Waals surface area contributed by atoms with Crippen LogP contribution in [0.2, 0.25) is 5.02 Å². The molecule has 9 heteroatoms. The number of nitrogens with zero attached hydrogens (tertiary/aromatic N) is 4. The number of benzene rings is 3. The molecule has 2 aromatic heterocycles. The number of hydrogen-bond acceptors (Lipinski definition) is 5. The summed E-state index contributed by atoms with van der Waals surface area (Å²) in [4.78, 5) is 24.0. The van der Waals surface area contributed by atoms with Crippen LogP contribution in [0.25, 0.3) is 16.9 Å². The average Bonchev–Trinajstić information content (AvgIpc) is 3.38. The first-order valence-corrected chi connectivity index (χ1v) is 12.0. The summed E-state index contributed by atoms with van der Waals surface area (Å²) in [5.41, 5.74) is 4.77. The number of urea groups is 1. The minimum Gasteiger partial charge on any atom is -0.495 e. The van der Waals surface area contributed by atoms with Crippen molar-refractivity contribution >= 4 is 40.5 Å². The summed E-state index contributed by atoms with van der Waals surface area (Å²) < 4.78 is 7.24. The predicted molar refractivity (Wildman–Crippen MR) is 148 cm³/mol. The normalized spacial score (nSPS) is 10.8. The smallest absolute Gasteiger partial charge is 0.323 e.